The molecule has 2 N–H and O–H groups in total. The predicted molar refractivity (Wildman–Crippen MR) is 133 cm³/mol. The Morgan fingerprint density at radius 3 is 2.68 bits per heavy atom. The molecule has 2 aromatic rings. The zero-order valence-electron chi connectivity index (χ0n) is 18.3. The normalized spacial score (nSPS) is 15.3. The monoisotopic (exact) mass is 541 g/mol. The summed E-state index contributed by atoms with van der Waals surface area (Å²) in [5.41, 5.74) is 1.93. The summed E-state index contributed by atoms with van der Waals surface area (Å²) >= 11 is 0. The van der Waals surface area contributed by atoms with Crippen LogP contribution in [0.25, 0.3) is 0 Å². The standard InChI is InChI=1S/C23H32FN5O.HI/c1-3-25-23(27-16-18-8-9-22(30-4-2)21(24)15-18)28-19-10-13-29(14-11-19)17-20-7-5-6-12-26-20;/h5-9,12,15,19H,3-4,10-11,13-14,16-17H2,1-2H3,(H2,25,27,28);1H. The molecule has 1 aromatic heterocycles. The second kappa shape index (κ2) is 13.5. The molecule has 1 saturated heterocycles. The van der Waals surface area contributed by atoms with E-state index in [-0.39, 0.29) is 35.5 Å². The van der Waals surface area contributed by atoms with E-state index >= 15 is 0 Å². The first-order valence-corrected chi connectivity index (χ1v) is 10.8. The van der Waals surface area contributed by atoms with Crippen LogP contribution in [0.1, 0.15) is 37.9 Å². The molecule has 0 spiro atoms. The minimum atomic E-state index is -0.345. The van der Waals surface area contributed by atoms with E-state index in [0.717, 1.165) is 56.2 Å². The van der Waals surface area contributed by atoms with E-state index < -0.39 is 0 Å². The van der Waals surface area contributed by atoms with Crippen molar-refractivity contribution >= 4 is 29.9 Å². The molecular formula is C23H33FIN5O. The number of benzene rings is 1. The van der Waals surface area contributed by atoms with Gasteiger partial charge in [0.1, 0.15) is 0 Å². The van der Waals surface area contributed by atoms with Gasteiger partial charge in [0.25, 0.3) is 0 Å². The van der Waals surface area contributed by atoms with Gasteiger partial charge in [0.2, 0.25) is 0 Å². The van der Waals surface area contributed by atoms with Crippen LogP contribution >= 0.6 is 24.0 Å². The number of nitrogens with zero attached hydrogens (tertiary/aromatic N) is 3. The van der Waals surface area contributed by atoms with Gasteiger partial charge in [-0.1, -0.05) is 12.1 Å². The van der Waals surface area contributed by atoms with Crippen molar-refractivity contribution in [3.8, 4) is 5.75 Å². The molecule has 31 heavy (non-hydrogen) atoms. The van der Waals surface area contributed by atoms with Crippen LogP contribution in [-0.2, 0) is 13.1 Å². The van der Waals surface area contributed by atoms with Crippen molar-refractivity contribution in [2.45, 2.75) is 45.8 Å². The van der Waals surface area contributed by atoms with Crippen LogP contribution in [0.4, 0.5) is 4.39 Å². The van der Waals surface area contributed by atoms with Crippen molar-refractivity contribution < 1.29 is 9.13 Å². The summed E-state index contributed by atoms with van der Waals surface area (Å²) in [4.78, 5) is 11.5. The highest BCUT2D eigenvalue weighted by Gasteiger charge is 2.20. The molecule has 1 aliphatic rings. The van der Waals surface area contributed by atoms with Crippen LogP contribution in [0.15, 0.2) is 47.6 Å². The highest BCUT2D eigenvalue weighted by Crippen LogP contribution is 2.19. The molecule has 6 nitrogen and oxygen atoms in total. The smallest absolute Gasteiger partial charge is 0.191 e. The number of hydrogen-bond donors (Lipinski definition) is 2. The van der Waals surface area contributed by atoms with Gasteiger partial charge < -0.3 is 15.4 Å². The molecule has 8 heteroatoms. The number of aromatic nitrogens is 1. The Morgan fingerprint density at radius 2 is 2.03 bits per heavy atom. The number of halogens is 2. The number of rotatable bonds is 8. The number of piperidine rings is 1. The molecule has 0 atom stereocenters. The third-order valence-corrected chi connectivity index (χ3v) is 5.10. The van der Waals surface area contributed by atoms with Crippen LogP contribution in [0.2, 0.25) is 0 Å². The van der Waals surface area contributed by atoms with E-state index in [0.29, 0.717) is 19.2 Å². The molecular weight excluding hydrogens is 508 g/mol. The minimum Gasteiger partial charge on any atom is -0.491 e. The van der Waals surface area contributed by atoms with Gasteiger partial charge in [0.15, 0.2) is 17.5 Å². The average molecular weight is 541 g/mol. The molecule has 0 amide bonds. The maximum absolute atomic E-state index is 14.1. The number of aliphatic imine (C=N–C) groups is 1. The highest BCUT2D eigenvalue weighted by atomic mass is 127. The van der Waals surface area contributed by atoms with Crippen LogP contribution < -0.4 is 15.4 Å². The van der Waals surface area contributed by atoms with Gasteiger partial charge in [0.05, 0.1) is 18.8 Å². The summed E-state index contributed by atoms with van der Waals surface area (Å²) in [6.45, 7) is 8.47. The van der Waals surface area contributed by atoms with Gasteiger partial charge in [-0.15, -0.1) is 24.0 Å². The molecule has 0 bridgehead atoms. The van der Waals surface area contributed by atoms with E-state index in [9.17, 15) is 4.39 Å². The van der Waals surface area contributed by atoms with E-state index in [2.05, 4.69) is 31.6 Å². The Kier molecular flexibility index (Phi) is 11.0. The average Bonchev–Trinajstić information content (AvgIpc) is 2.76. The maximum atomic E-state index is 14.1. The SMILES string of the molecule is CCNC(=NCc1ccc(OCC)c(F)c1)NC1CCN(Cc2ccccn2)CC1.I. The fraction of sp³-hybridized carbons (Fsp3) is 0.478. The molecule has 3 rings (SSSR count). The third kappa shape index (κ3) is 8.25. The number of hydrogen-bond acceptors (Lipinski definition) is 4. The number of pyridine rings is 1. The van der Waals surface area contributed by atoms with Crippen molar-refractivity contribution in [1.82, 2.24) is 20.5 Å². The molecule has 170 valence electrons. The first-order valence-electron chi connectivity index (χ1n) is 10.8. The van der Waals surface area contributed by atoms with Gasteiger partial charge in [-0.2, -0.15) is 0 Å². The summed E-state index contributed by atoms with van der Waals surface area (Å²) < 4.78 is 19.3. The van der Waals surface area contributed by atoms with E-state index in [1.807, 2.05) is 38.2 Å². The summed E-state index contributed by atoms with van der Waals surface area (Å²) in [7, 11) is 0. The molecule has 1 aliphatic heterocycles. The summed E-state index contributed by atoms with van der Waals surface area (Å²) in [6.07, 6.45) is 3.95. The van der Waals surface area contributed by atoms with Crippen LogP contribution in [0, 0.1) is 5.82 Å². The fourth-order valence-corrected chi connectivity index (χ4v) is 3.56. The van der Waals surface area contributed by atoms with Crippen LogP contribution in [0.3, 0.4) is 0 Å². The van der Waals surface area contributed by atoms with E-state index in [4.69, 9.17) is 4.74 Å². The zero-order valence-corrected chi connectivity index (χ0v) is 20.6. The summed E-state index contributed by atoms with van der Waals surface area (Å²) in [5.74, 6) is 0.713. The first-order chi connectivity index (χ1) is 14.7. The van der Waals surface area contributed by atoms with Crippen molar-refractivity contribution in [2.24, 2.45) is 4.99 Å². The third-order valence-electron chi connectivity index (χ3n) is 5.10. The summed E-state index contributed by atoms with van der Waals surface area (Å²) in [6, 6.07) is 11.5. The van der Waals surface area contributed by atoms with Crippen molar-refractivity contribution in [3.05, 3.63) is 59.7 Å². The topological polar surface area (TPSA) is 61.8 Å². The fourth-order valence-electron chi connectivity index (χ4n) is 3.56. The van der Waals surface area contributed by atoms with Crippen molar-refractivity contribution in [1.29, 1.82) is 0 Å². The van der Waals surface area contributed by atoms with Gasteiger partial charge in [-0.3, -0.25) is 9.88 Å². The zero-order chi connectivity index (χ0) is 21.2. The Balaban J connectivity index is 0.00000341. The quantitative estimate of drug-likeness (QED) is 0.301. The molecule has 2 heterocycles. The maximum Gasteiger partial charge on any atom is 0.191 e. The van der Waals surface area contributed by atoms with Gasteiger partial charge in [-0.05, 0) is 56.5 Å². The second-order valence-electron chi connectivity index (χ2n) is 7.41. The molecule has 0 aliphatic carbocycles. The van der Waals surface area contributed by atoms with E-state index in [1.165, 1.54) is 6.07 Å². The number of nitrogens with one attached hydrogen (secondary N) is 2. The number of guanidine groups is 1. The molecule has 0 radical (unpaired) electrons. The van der Waals surface area contributed by atoms with Crippen molar-refractivity contribution in [3.63, 3.8) is 0 Å². The molecule has 1 fully saturated rings. The van der Waals surface area contributed by atoms with Crippen LogP contribution in [0.5, 0.6) is 5.75 Å². The lowest BCUT2D eigenvalue weighted by molar-refractivity contribution is 0.196. The lowest BCUT2D eigenvalue weighted by Crippen LogP contribution is -2.48. The number of ether oxygens (including phenoxy) is 1. The molecule has 0 unspecified atom stereocenters. The predicted octanol–water partition coefficient (Wildman–Crippen LogP) is 3.96. The van der Waals surface area contributed by atoms with Gasteiger partial charge in [0, 0.05) is 38.4 Å². The van der Waals surface area contributed by atoms with Gasteiger partial charge in [-0.25, -0.2) is 9.38 Å². The second-order valence-corrected chi connectivity index (χ2v) is 7.41. The first kappa shape index (κ1) is 25.3. The van der Waals surface area contributed by atoms with E-state index in [1.54, 1.807) is 6.07 Å². The minimum absolute atomic E-state index is 0. The Morgan fingerprint density at radius 1 is 1.23 bits per heavy atom. The Hall–Kier alpha value is -1.94. The van der Waals surface area contributed by atoms with Gasteiger partial charge >= 0.3 is 0 Å². The summed E-state index contributed by atoms with van der Waals surface area (Å²) in [5, 5.41) is 6.83. The van der Waals surface area contributed by atoms with Crippen molar-refractivity contribution in [2.75, 3.05) is 26.2 Å². The Labute approximate surface area is 201 Å². The largest absolute Gasteiger partial charge is 0.491 e. The highest BCUT2D eigenvalue weighted by molar-refractivity contribution is 14.0. The molecule has 0 saturated carbocycles. The number of likely N-dealkylation sites (tertiary alicyclic amines) is 1. The van der Waals surface area contributed by atoms with Crippen LogP contribution in [-0.4, -0.2) is 48.1 Å². The lowest BCUT2D eigenvalue weighted by atomic mass is 10.0. The molecule has 1 aromatic carbocycles. The Bertz CT molecular complexity index is 813. The lowest BCUT2D eigenvalue weighted by Gasteiger charge is -2.32.